The van der Waals surface area contributed by atoms with E-state index in [2.05, 4.69) is 6.92 Å². The van der Waals surface area contributed by atoms with Gasteiger partial charge in [-0.25, -0.2) is 0 Å². The number of halogens is 1. The van der Waals surface area contributed by atoms with E-state index >= 15 is 0 Å². The van der Waals surface area contributed by atoms with Crippen molar-refractivity contribution in [1.29, 1.82) is 0 Å². The minimum atomic E-state index is 0.0251. The Kier molecular flexibility index (Phi) is 3.64. The Morgan fingerprint density at radius 1 is 1.06 bits per heavy atom. The highest BCUT2D eigenvalue weighted by molar-refractivity contribution is 6.30. The number of aromatic nitrogens is 1. The second kappa shape index (κ2) is 5.19. The molecule has 0 aliphatic heterocycles. The first-order chi connectivity index (χ1) is 8.19. The summed E-state index contributed by atoms with van der Waals surface area (Å²) < 4.78 is 1.72. The predicted molar refractivity (Wildman–Crippen MR) is 70.6 cm³/mol. The molecule has 0 saturated heterocycles. The van der Waals surface area contributed by atoms with Crippen molar-refractivity contribution in [3.8, 4) is 0 Å². The molecular weight excluding hydrogens is 234 g/mol. The van der Waals surface area contributed by atoms with Gasteiger partial charge in [-0.15, -0.1) is 0 Å². The van der Waals surface area contributed by atoms with E-state index in [1.807, 2.05) is 36.5 Å². The van der Waals surface area contributed by atoms with Crippen LogP contribution in [0, 0.1) is 0 Å². The van der Waals surface area contributed by atoms with E-state index in [0.717, 1.165) is 12.0 Å². The van der Waals surface area contributed by atoms with Crippen molar-refractivity contribution in [3.05, 3.63) is 69.1 Å². The molecule has 17 heavy (non-hydrogen) atoms. The second-order valence-electron chi connectivity index (χ2n) is 3.98. The molecule has 0 aliphatic carbocycles. The van der Waals surface area contributed by atoms with Crippen molar-refractivity contribution in [3.63, 3.8) is 0 Å². The highest BCUT2D eigenvalue weighted by Crippen LogP contribution is 2.10. The lowest BCUT2D eigenvalue weighted by Gasteiger charge is -2.07. The lowest BCUT2D eigenvalue weighted by atomic mass is 10.2. The van der Waals surface area contributed by atoms with Crippen LogP contribution in [0.3, 0.4) is 0 Å². The van der Waals surface area contributed by atoms with Gasteiger partial charge < -0.3 is 4.57 Å². The van der Waals surface area contributed by atoms with Gasteiger partial charge in [0.25, 0.3) is 5.56 Å². The Labute approximate surface area is 105 Å². The summed E-state index contributed by atoms with van der Waals surface area (Å²) in [4.78, 5) is 11.7. The monoisotopic (exact) mass is 247 g/mol. The zero-order valence-electron chi connectivity index (χ0n) is 9.69. The summed E-state index contributed by atoms with van der Waals surface area (Å²) >= 11 is 5.83. The van der Waals surface area contributed by atoms with Gasteiger partial charge in [0, 0.05) is 17.3 Å². The SMILES string of the molecule is CCc1ccc(=O)n(Cc2ccc(Cl)cc2)c1. The van der Waals surface area contributed by atoms with E-state index in [1.165, 1.54) is 5.56 Å². The van der Waals surface area contributed by atoms with Gasteiger partial charge in [0.1, 0.15) is 0 Å². The van der Waals surface area contributed by atoms with E-state index < -0.39 is 0 Å². The molecular formula is C14H14ClNO. The standard InChI is InChI=1S/C14H14ClNO/c1-2-11-5-8-14(17)16(9-11)10-12-3-6-13(15)7-4-12/h3-9H,2,10H2,1H3. The molecule has 0 atom stereocenters. The molecule has 0 bridgehead atoms. The van der Waals surface area contributed by atoms with Gasteiger partial charge in [-0.2, -0.15) is 0 Å². The number of aryl methyl sites for hydroxylation is 1. The highest BCUT2D eigenvalue weighted by Gasteiger charge is 1.99. The molecule has 1 heterocycles. The van der Waals surface area contributed by atoms with Crippen LogP contribution in [0.15, 0.2) is 47.4 Å². The molecule has 0 aliphatic rings. The molecule has 0 radical (unpaired) electrons. The summed E-state index contributed by atoms with van der Waals surface area (Å²) in [6, 6.07) is 11.0. The largest absolute Gasteiger partial charge is 0.311 e. The topological polar surface area (TPSA) is 22.0 Å². The summed E-state index contributed by atoms with van der Waals surface area (Å²) in [6.45, 7) is 2.66. The predicted octanol–water partition coefficient (Wildman–Crippen LogP) is 3.11. The van der Waals surface area contributed by atoms with Gasteiger partial charge in [-0.3, -0.25) is 4.79 Å². The first-order valence-corrected chi connectivity index (χ1v) is 6.00. The number of hydrogen-bond acceptors (Lipinski definition) is 1. The third kappa shape index (κ3) is 2.98. The number of rotatable bonds is 3. The fraction of sp³-hybridized carbons (Fsp3) is 0.214. The van der Waals surface area contributed by atoms with E-state index in [4.69, 9.17) is 11.6 Å². The van der Waals surface area contributed by atoms with Crippen LogP contribution in [-0.4, -0.2) is 4.57 Å². The third-order valence-corrected chi connectivity index (χ3v) is 2.97. The molecule has 0 amide bonds. The summed E-state index contributed by atoms with van der Waals surface area (Å²) in [5.74, 6) is 0. The van der Waals surface area contributed by atoms with Crippen molar-refractivity contribution in [2.75, 3.05) is 0 Å². The maximum atomic E-state index is 11.7. The van der Waals surface area contributed by atoms with E-state index in [1.54, 1.807) is 10.6 Å². The molecule has 88 valence electrons. The molecule has 2 rings (SSSR count). The first-order valence-electron chi connectivity index (χ1n) is 5.63. The van der Waals surface area contributed by atoms with Gasteiger partial charge in [0.15, 0.2) is 0 Å². The van der Waals surface area contributed by atoms with Crippen molar-refractivity contribution >= 4 is 11.6 Å². The second-order valence-corrected chi connectivity index (χ2v) is 4.42. The summed E-state index contributed by atoms with van der Waals surface area (Å²) in [5.41, 5.74) is 2.26. The van der Waals surface area contributed by atoms with Gasteiger partial charge in [0.05, 0.1) is 6.54 Å². The number of benzene rings is 1. The van der Waals surface area contributed by atoms with Crippen LogP contribution in [-0.2, 0) is 13.0 Å². The molecule has 1 aromatic heterocycles. The molecule has 1 aromatic carbocycles. The fourth-order valence-electron chi connectivity index (χ4n) is 1.70. The molecule has 0 saturated carbocycles. The van der Waals surface area contributed by atoms with Crippen LogP contribution in [0.25, 0.3) is 0 Å². The van der Waals surface area contributed by atoms with Gasteiger partial charge >= 0.3 is 0 Å². The molecule has 0 spiro atoms. The average Bonchev–Trinajstić information content (AvgIpc) is 2.35. The Bertz CT molecular complexity index is 557. The molecule has 0 fully saturated rings. The lowest BCUT2D eigenvalue weighted by Crippen LogP contribution is -2.19. The Morgan fingerprint density at radius 2 is 1.71 bits per heavy atom. The number of nitrogens with zero attached hydrogens (tertiary/aromatic N) is 1. The van der Waals surface area contributed by atoms with E-state index in [-0.39, 0.29) is 5.56 Å². The summed E-state index contributed by atoms with van der Waals surface area (Å²) in [6.07, 6.45) is 2.85. The maximum Gasteiger partial charge on any atom is 0.250 e. The molecule has 2 nitrogen and oxygen atoms in total. The zero-order valence-corrected chi connectivity index (χ0v) is 10.4. The maximum absolute atomic E-state index is 11.7. The quantitative estimate of drug-likeness (QED) is 0.817. The average molecular weight is 248 g/mol. The van der Waals surface area contributed by atoms with Crippen LogP contribution >= 0.6 is 11.6 Å². The number of hydrogen-bond donors (Lipinski definition) is 0. The highest BCUT2D eigenvalue weighted by atomic mass is 35.5. The fourth-order valence-corrected chi connectivity index (χ4v) is 1.83. The van der Waals surface area contributed by atoms with Crippen LogP contribution in [0.4, 0.5) is 0 Å². The normalized spacial score (nSPS) is 10.5. The molecule has 0 N–H and O–H groups in total. The van der Waals surface area contributed by atoms with Crippen molar-refractivity contribution in [2.24, 2.45) is 0 Å². The smallest absolute Gasteiger partial charge is 0.250 e. The minimum absolute atomic E-state index is 0.0251. The van der Waals surface area contributed by atoms with Crippen LogP contribution in [0.2, 0.25) is 5.02 Å². The zero-order chi connectivity index (χ0) is 12.3. The summed E-state index contributed by atoms with van der Waals surface area (Å²) in [5, 5.41) is 0.711. The molecule has 2 aromatic rings. The van der Waals surface area contributed by atoms with Crippen LogP contribution in [0.5, 0.6) is 0 Å². The van der Waals surface area contributed by atoms with Gasteiger partial charge in [-0.05, 0) is 29.7 Å². The Morgan fingerprint density at radius 3 is 2.35 bits per heavy atom. The van der Waals surface area contributed by atoms with Gasteiger partial charge in [-0.1, -0.05) is 36.7 Å². The van der Waals surface area contributed by atoms with E-state index in [0.29, 0.717) is 11.6 Å². The first kappa shape index (κ1) is 11.9. The Balaban J connectivity index is 2.29. The van der Waals surface area contributed by atoms with Crippen molar-refractivity contribution in [1.82, 2.24) is 4.57 Å². The van der Waals surface area contributed by atoms with E-state index in [9.17, 15) is 4.79 Å². The number of pyridine rings is 1. The van der Waals surface area contributed by atoms with Crippen LogP contribution in [0.1, 0.15) is 18.1 Å². The lowest BCUT2D eigenvalue weighted by molar-refractivity contribution is 0.750. The Hall–Kier alpha value is -1.54. The van der Waals surface area contributed by atoms with Crippen LogP contribution < -0.4 is 5.56 Å². The molecule has 3 heteroatoms. The van der Waals surface area contributed by atoms with Gasteiger partial charge in [0.2, 0.25) is 0 Å². The van der Waals surface area contributed by atoms with Crippen molar-refractivity contribution < 1.29 is 0 Å². The van der Waals surface area contributed by atoms with Crippen molar-refractivity contribution in [2.45, 2.75) is 19.9 Å². The third-order valence-electron chi connectivity index (χ3n) is 2.72. The summed E-state index contributed by atoms with van der Waals surface area (Å²) in [7, 11) is 0. The minimum Gasteiger partial charge on any atom is -0.311 e. The molecule has 0 unspecified atom stereocenters.